The standard InChI is InChI=1S/C5H12OS/c1-4(6-3)5(2)7/h4-5,7H,1-3H3. The number of hydrogen-bond donors (Lipinski definition) is 1. The summed E-state index contributed by atoms with van der Waals surface area (Å²) in [6.45, 7) is 4.01. The van der Waals surface area contributed by atoms with Crippen LogP contribution in [0.3, 0.4) is 0 Å². The van der Waals surface area contributed by atoms with E-state index in [1.54, 1.807) is 7.11 Å². The molecule has 0 spiro atoms. The summed E-state index contributed by atoms with van der Waals surface area (Å²) in [5.41, 5.74) is 0. The quantitative estimate of drug-likeness (QED) is 0.541. The summed E-state index contributed by atoms with van der Waals surface area (Å²) in [6, 6.07) is 0. The van der Waals surface area contributed by atoms with Gasteiger partial charge in [-0.05, 0) is 6.92 Å². The summed E-state index contributed by atoms with van der Waals surface area (Å²) in [7, 11) is 1.69. The van der Waals surface area contributed by atoms with Gasteiger partial charge in [0.2, 0.25) is 0 Å². The van der Waals surface area contributed by atoms with Gasteiger partial charge in [-0.25, -0.2) is 0 Å². The molecular formula is C5H12OS. The average Bonchev–Trinajstić information content (AvgIpc) is 1.65. The molecular weight excluding hydrogens is 108 g/mol. The van der Waals surface area contributed by atoms with Crippen molar-refractivity contribution in [2.75, 3.05) is 7.11 Å². The molecule has 44 valence electrons. The zero-order chi connectivity index (χ0) is 5.86. The van der Waals surface area contributed by atoms with Crippen molar-refractivity contribution < 1.29 is 4.74 Å². The lowest BCUT2D eigenvalue weighted by Gasteiger charge is -2.10. The third kappa shape index (κ3) is 2.94. The lowest BCUT2D eigenvalue weighted by molar-refractivity contribution is 0.120. The number of rotatable bonds is 2. The molecule has 0 bridgehead atoms. The van der Waals surface area contributed by atoms with Gasteiger partial charge in [-0.2, -0.15) is 12.6 Å². The van der Waals surface area contributed by atoms with E-state index in [9.17, 15) is 0 Å². The average molecular weight is 120 g/mol. The molecule has 0 rings (SSSR count). The molecule has 0 aromatic heterocycles. The highest BCUT2D eigenvalue weighted by atomic mass is 32.1. The minimum atomic E-state index is 0.267. The normalized spacial score (nSPS) is 18.9. The van der Waals surface area contributed by atoms with Crippen molar-refractivity contribution in [3.05, 3.63) is 0 Å². The molecule has 0 saturated heterocycles. The van der Waals surface area contributed by atoms with E-state index in [4.69, 9.17) is 4.74 Å². The highest BCUT2D eigenvalue weighted by Gasteiger charge is 2.02. The maximum absolute atomic E-state index is 4.94. The predicted octanol–water partition coefficient (Wildman–Crippen LogP) is 1.34. The van der Waals surface area contributed by atoms with E-state index in [0.29, 0.717) is 5.25 Å². The first-order chi connectivity index (χ1) is 3.18. The molecule has 2 unspecified atom stereocenters. The molecule has 0 amide bonds. The summed E-state index contributed by atoms with van der Waals surface area (Å²) in [5.74, 6) is 0. The van der Waals surface area contributed by atoms with Crippen molar-refractivity contribution in [2.24, 2.45) is 0 Å². The van der Waals surface area contributed by atoms with Crippen molar-refractivity contribution >= 4 is 12.6 Å². The van der Waals surface area contributed by atoms with Crippen LogP contribution in [-0.4, -0.2) is 18.5 Å². The third-order valence-corrected chi connectivity index (χ3v) is 1.47. The van der Waals surface area contributed by atoms with Crippen LogP contribution in [0.2, 0.25) is 0 Å². The fraction of sp³-hybridized carbons (Fsp3) is 1.00. The second kappa shape index (κ2) is 3.33. The van der Waals surface area contributed by atoms with Gasteiger partial charge in [0, 0.05) is 12.4 Å². The summed E-state index contributed by atoms with van der Waals surface area (Å²) in [4.78, 5) is 0. The molecule has 7 heavy (non-hydrogen) atoms. The van der Waals surface area contributed by atoms with Crippen molar-refractivity contribution in [3.63, 3.8) is 0 Å². The molecule has 0 heterocycles. The second-order valence-electron chi connectivity index (χ2n) is 1.68. The minimum absolute atomic E-state index is 0.267. The van der Waals surface area contributed by atoms with Crippen LogP contribution in [-0.2, 0) is 4.74 Å². The van der Waals surface area contributed by atoms with E-state index in [1.165, 1.54) is 0 Å². The first-order valence-electron chi connectivity index (χ1n) is 2.39. The van der Waals surface area contributed by atoms with Crippen LogP contribution in [0.25, 0.3) is 0 Å². The lowest BCUT2D eigenvalue weighted by Crippen LogP contribution is -2.15. The maximum atomic E-state index is 4.94. The zero-order valence-corrected chi connectivity index (χ0v) is 5.90. The van der Waals surface area contributed by atoms with E-state index in [2.05, 4.69) is 12.6 Å². The second-order valence-corrected chi connectivity index (χ2v) is 2.50. The van der Waals surface area contributed by atoms with Crippen LogP contribution < -0.4 is 0 Å². The Morgan fingerprint density at radius 2 is 1.86 bits per heavy atom. The number of methoxy groups -OCH3 is 1. The fourth-order valence-corrected chi connectivity index (χ4v) is 0.319. The molecule has 0 aromatic carbocycles. The van der Waals surface area contributed by atoms with Crippen molar-refractivity contribution in [1.82, 2.24) is 0 Å². The Morgan fingerprint density at radius 1 is 1.43 bits per heavy atom. The highest BCUT2D eigenvalue weighted by molar-refractivity contribution is 7.81. The van der Waals surface area contributed by atoms with Crippen molar-refractivity contribution in [1.29, 1.82) is 0 Å². The lowest BCUT2D eigenvalue weighted by atomic mass is 10.3. The van der Waals surface area contributed by atoms with Gasteiger partial charge in [0.05, 0.1) is 6.10 Å². The van der Waals surface area contributed by atoms with E-state index in [-0.39, 0.29) is 6.10 Å². The topological polar surface area (TPSA) is 9.23 Å². The summed E-state index contributed by atoms with van der Waals surface area (Å²) >= 11 is 4.15. The molecule has 0 aliphatic carbocycles. The highest BCUT2D eigenvalue weighted by Crippen LogP contribution is 2.01. The molecule has 0 N–H and O–H groups in total. The van der Waals surface area contributed by atoms with Gasteiger partial charge in [0.1, 0.15) is 0 Å². The Balaban J connectivity index is 3.14. The van der Waals surface area contributed by atoms with E-state index in [1.807, 2.05) is 13.8 Å². The first kappa shape index (κ1) is 7.31. The third-order valence-electron chi connectivity index (χ3n) is 1.05. The van der Waals surface area contributed by atoms with Crippen LogP contribution in [0.15, 0.2) is 0 Å². The van der Waals surface area contributed by atoms with Gasteiger partial charge in [0.25, 0.3) is 0 Å². The SMILES string of the molecule is COC(C)C(C)S. The Morgan fingerprint density at radius 3 is 1.86 bits per heavy atom. The Kier molecular flexibility index (Phi) is 3.48. The number of thiol groups is 1. The van der Waals surface area contributed by atoms with Gasteiger partial charge in [0.15, 0.2) is 0 Å². The number of hydrogen-bond acceptors (Lipinski definition) is 2. The van der Waals surface area contributed by atoms with Gasteiger partial charge in [-0.3, -0.25) is 0 Å². The Bertz CT molecular complexity index is 45.3. The maximum Gasteiger partial charge on any atom is 0.0656 e. The van der Waals surface area contributed by atoms with Crippen LogP contribution in [0.1, 0.15) is 13.8 Å². The molecule has 0 aliphatic rings. The van der Waals surface area contributed by atoms with Crippen molar-refractivity contribution in [2.45, 2.75) is 25.2 Å². The molecule has 0 radical (unpaired) electrons. The summed E-state index contributed by atoms with van der Waals surface area (Å²) in [6.07, 6.45) is 0.267. The van der Waals surface area contributed by atoms with Gasteiger partial charge in [-0.1, -0.05) is 6.92 Å². The zero-order valence-electron chi connectivity index (χ0n) is 5.01. The van der Waals surface area contributed by atoms with Crippen molar-refractivity contribution in [3.8, 4) is 0 Å². The fourth-order valence-electron chi connectivity index (χ4n) is 0.197. The molecule has 2 heteroatoms. The van der Waals surface area contributed by atoms with Gasteiger partial charge in [-0.15, -0.1) is 0 Å². The van der Waals surface area contributed by atoms with Gasteiger partial charge < -0.3 is 4.74 Å². The summed E-state index contributed by atoms with van der Waals surface area (Å²) < 4.78 is 4.94. The Labute approximate surface area is 50.5 Å². The predicted molar refractivity (Wildman–Crippen MR) is 34.9 cm³/mol. The number of ether oxygens (including phenoxy) is 1. The smallest absolute Gasteiger partial charge is 0.0656 e. The molecule has 0 fully saturated rings. The first-order valence-corrected chi connectivity index (χ1v) is 2.91. The molecule has 1 nitrogen and oxygen atoms in total. The van der Waals surface area contributed by atoms with E-state index >= 15 is 0 Å². The van der Waals surface area contributed by atoms with Crippen LogP contribution in [0, 0.1) is 0 Å². The van der Waals surface area contributed by atoms with Gasteiger partial charge >= 0.3 is 0 Å². The molecule has 2 atom stereocenters. The van der Waals surface area contributed by atoms with Crippen LogP contribution >= 0.6 is 12.6 Å². The summed E-state index contributed by atoms with van der Waals surface area (Å²) in [5, 5.41) is 0.338. The largest absolute Gasteiger partial charge is 0.381 e. The van der Waals surface area contributed by atoms with Crippen LogP contribution in [0.5, 0.6) is 0 Å². The van der Waals surface area contributed by atoms with Crippen LogP contribution in [0.4, 0.5) is 0 Å². The van der Waals surface area contributed by atoms with E-state index < -0.39 is 0 Å². The minimum Gasteiger partial charge on any atom is -0.381 e. The molecule has 0 aliphatic heterocycles. The molecule has 0 aromatic rings. The van der Waals surface area contributed by atoms with E-state index in [0.717, 1.165) is 0 Å². The molecule has 0 saturated carbocycles. The Hall–Kier alpha value is 0.310. The monoisotopic (exact) mass is 120 g/mol.